The van der Waals surface area contributed by atoms with Gasteiger partial charge in [0, 0.05) is 11.3 Å². The molecule has 0 spiro atoms. The summed E-state index contributed by atoms with van der Waals surface area (Å²) in [5, 5.41) is 3.31. The van der Waals surface area contributed by atoms with E-state index in [4.69, 9.17) is 9.47 Å². The average Bonchev–Trinajstić information content (AvgIpc) is 3.17. The fraction of sp³-hybridized carbons (Fsp3) is 0.0870. The first-order valence-electron chi connectivity index (χ1n) is 9.12. The second-order valence-electron chi connectivity index (χ2n) is 6.25. The number of hydrogen-bond acceptors (Lipinski definition) is 5. The van der Waals surface area contributed by atoms with E-state index < -0.39 is 0 Å². The van der Waals surface area contributed by atoms with Gasteiger partial charge in [0.2, 0.25) is 0 Å². The third-order valence-electron chi connectivity index (χ3n) is 4.33. The van der Waals surface area contributed by atoms with Crippen molar-refractivity contribution in [2.45, 2.75) is 0 Å². The summed E-state index contributed by atoms with van der Waals surface area (Å²) in [6.07, 6.45) is 0. The largest absolute Gasteiger partial charge is 0.497 e. The molecule has 0 fully saturated rings. The first-order chi connectivity index (χ1) is 14.2. The molecule has 1 heterocycles. The summed E-state index contributed by atoms with van der Waals surface area (Å²) < 4.78 is 10.4. The van der Waals surface area contributed by atoms with Gasteiger partial charge < -0.3 is 14.8 Å². The molecular formula is C23H20N4O2. The highest BCUT2D eigenvalue weighted by molar-refractivity contribution is 6.51. The van der Waals surface area contributed by atoms with Crippen molar-refractivity contribution in [2.24, 2.45) is 15.0 Å². The number of ether oxygens (including phenoxy) is 2. The van der Waals surface area contributed by atoms with E-state index in [0.29, 0.717) is 17.5 Å². The fourth-order valence-corrected chi connectivity index (χ4v) is 2.80. The van der Waals surface area contributed by atoms with Gasteiger partial charge in [-0.05, 0) is 48.5 Å². The van der Waals surface area contributed by atoms with E-state index in [2.05, 4.69) is 20.3 Å². The Kier molecular flexibility index (Phi) is 5.33. The number of rotatable bonds is 5. The zero-order valence-corrected chi connectivity index (χ0v) is 16.2. The average molecular weight is 384 g/mol. The minimum absolute atomic E-state index is 0.518. The lowest BCUT2D eigenvalue weighted by atomic mass is 10.2. The van der Waals surface area contributed by atoms with Gasteiger partial charge >= 0.3 is 0 Å². The molecule has 1 N–H and O–H groups in total. The van der Waals surface area contributed by atoms with Crippen molar-refractivity contribution >= 4 is 28.9 Å². The van der Waals surface area contributed by atoms with Gasteiger partial charge in [0.25, 0.3) is 0 Å². The number of benzene rings is 3. The highest BCUT2D eigenvalue weighted by Crippen LogP contribution is 2.21. The van der Waals surface area contributed by atoms with Gasteiger partial charge in [-0.25, -0.2) is 15.0 Å². The molecular weight excluding hydrogens is 364 g/mol. The van der Waals surface area contributed by atoms with Crippen molar-refractivity contribution in [1.29, 1.82) is 0 Å². The Balaban J connectivity index is 1.67. The van der Waals surface area contributed by atoms with Crippen LogP contribution in [0.1, 0.15) is 5.56 Å². The summed E-state index contributed by atoms with van der Waals surface area (Å²) in [6, 6.07) is 24.9. The molecule has 3 aromatic carbocycles. The van der Waals surface area contributed by atoms with Gasteiger partial charge in [-0.3, -0.25) is 0 Å². The Labute approximate surface area is 169 Å². The van der Waals surface area contributed by atoms with Crippen LogP contribution in [0.5, 0.6) is 11.5 Å². The van der Waals surface area contributed by atoms with Gasteiger partial charge in [-0.15, -0.1) is 0 Å². The molecule has 0 amide bonds. The summed E-state index contributed by atoms with van der Waals surface area (Å²) in [4.78, 5) is 14.0. The SMILES string of the molecule is COc1ccc(N=C2N=C(c3ccccc3)N=C2Nc2ccc(OC)cc2)cc1. The van der Waals surface area contributed by atoms with Gasteiger partial charge in [0.15, 0.2) is 17.5 Å². The third kappa shape index (κ3) is 4.32. The summed E-state index contributed by atoms with van der Waals surface area (Å²) in [6.45, 7) is 0. The summed E-state index contributed by atoms with van der Waals surface area (Å²) >= 11 is 0. The molecule has 6 heteroatoms. The molecule has 0 atom stereocenters. The van der Waals surface area contributed by atoms with Crippen molar-refractivity contribution in [3.63, 3.8) is 0 Å². The number of hydrogen-bond donors (Lipinski definition) is 1. The zero-order valence-electron chi connectivity index (χ0n) is 16.2. The maximum absolute atomic E-state index is 5.22. The second kappa shape index (κ2) is 8.39. The van der Waals surface area contributed by atoms with Crippen LogP contribution in [0.4, 0.5) is 11.4 Å². The summed E-state index contributed by atoms with van der Waals surface area (Å²) in [5.41, 5.74) is 2.57. The first-order valence-corrected chi connectivity index (χ1v) is 9.12. The highest BCUT2D eigenvalue weighted by Gasteiger charge is 2.20. The van der Waals surface area contributed by atoms with E-state index in [0.717, 1.165) is 28.4 Å². The Morgan fingerprint density at radius 3 is 1.97 bits per heavy atom. The van der Waals surface area contributed by atoms with Crippen molar-refractivity contribution in [2.75, 3.05) is 19.5 Å². The van der Waals surface area contributed by atoms with E-state index in [1.807, 2.05) is 78.9 Å². The molecule has 0 radical (unpaired) electrons. The lowest BCUT2D eigenvalue weighted by molar-refractivity contribution is 0.415. The monoisotopic (exact) mass is 384 g/mol. The van der Waals surface area contributed by atoms with Crippen LogP contribution in [0.25, 0.3) is 0 Å². The maximum atomic E-state index is 5.22. The Hall–Kier alpha value is -3.93. The van der Waals surface area contributed by atoms with Crippen molar-refractivity contribution < 1.29 is 9.47 Å². The predicted octanol–water partition coefficient (Wildman–Crippen LogP) is 4.70. The predicted molar refractivity (Wildman–Crippen MR) is 117 cm³/mol. The number of amidine groups is 3. The van der Waals surface area contributed by atoms with E-state index in [-0.39, 0.29) is 0 Å². The standard InChI is InChI=1S/C23H20N4O2/c1-28-19-12-8-17(9-13-19)24-22-23(25-18-10-14-20(29-2)15-11-18)27-21(26-22)16-6-4-3-5-7-16/h3-15H,1-2H3,(H,24,25,26,27). The van der Waals surface area contributed by atoms with Crippen LogP contribution in [0.2, 0.25) is 0 Å². The van der Waals surface area contributed by atoms with Crippen molar-refractivity contribution in [1.82, 2.24) is 0 Å². The lowest BCUT2D eigenvalue weighted by Gasteiger charge is -2.07. The molecule has 0 aromatic heterocycles. The van der Waals surface area contributed by atoms with Crippen molar-refractivity contribution in [3.05, 3.63) is 84.4 Å². The topological polar surface area (TPSA) is 67.6 Å². The number of nitrogens with zero attached hydrogens (tertiary/aromatic N) is 3. The molecule has 0 bridgehead atoms. The zero-order chi connectivity index (χ0) is 20.1. The number of nitrogens with one attached hydrogen (secondary N) is 1. The normalized spacial score (nSPS) is 14.3. The minimum Gasteiger partial charge on any atom is -0.497 e. The minimum atomic E-state index is 0.518. The Morgan fingerprint density at radius 2 is 1.34 bits per heavy atom. The number of aliphatic imine (C=N–C) groups is 3. The van der Waals surface area contributed by atoms with Gasteiger partial charge in [0.1, 0.15) is 11.5 Å². The van der Waals surface area contributed by atoms with E-state index in [1.54, 1.807) is 14.2 Å². The van der Waals surface area contributed by atoms with Gasteiger partial charge in [-0.1, -0.05) is 30.3 Å². The second-order valence-corrected chi connectivity index (χ2v) is 6.25. The first kappa shape index (κ1) is 18.4. The molecule has 3 aromatic rings. The van der Waals surface area contributed by atoms with Gasteiger partial charge in [0.05, 0.1) is 19.9 Å². The van der Waals surface area contributed by atoms with Crippen LogP contribution in [-0.2, 0) is 0 Å². The molecule has 0 aliphatic carbocycles. The van der Waals surface area contributed by atoms with E-state index >= 15 is 0 Å². The molecule has 29 heavy (non-hydrogen) atoms. The highest BCUT2D eigenvalue weighted by atomic mass is 16.5. The number of anilines is 1. The van der Waals surface area contributed by atoms with Crippen molar-refractivity contribution in [3.8, 4) is 11.5 Å². The molecule has 1 aliphatic rings. The third-order valence-corrected chi connectivity index (χ3v) is 4.33. The molecule has 0 unspecified atom stereocenters. The van der Waals surface area contributed by atoms with Gasteiger partial charge in [-0.2, -0.15) is 0 Å². The van der Waals surface area contributed by atoms with Crippen LogP contribution in [0.15, 0.2) is 93.8 Å². The molecule has 0 saturated heterocycles. The summed E-state index contributed by atoms with van der Waals surface area (Å²) in [7, 11) is 3.28. The van der Waals surface area contributed by atoms with Crippen LogP contribution in [-0.4, -0.2) is 31.7 Å². The van der Waals surface area contributed by atoms with E-state index in [1.165, 1.54) is 0 Å². The maximum Gasteiger partial charge on any atom is 0.198 e. The van der Waals surface area contributed by atoms with Crippen LogP contribution in [0.3, 0.4) is 0 Å². The molecule has 0 saturated carbocycles. The molecule has 6 nitrogen and oxygen atoms in total. The van der Waals surface area contributed by atoms with Crippen LogP contribution in [0, 0.1) is 0 Å². The molecule has 4 rings (SSSR count). The molecule has 1 aliphatic heterocycles. The summed E-state index contributed by atoms with van der Waals surface area (Å²) in [5.74, 6) is 3.29. The van der Waals surface area contributed by atoms with E-state index in [9.17, 15) is 0 Å². The fourth-order valence-electron chi connectivity index (χ4n) is 2.80. The lowest BCUT2D eigenvalue weighted by Crippen LogP contribution is -2.18. The smallest absolute Gasteiger partial charge is 0.198 e. The van der Waals surface area contributed by atoms with Crippen LogP contribution < -0.4 is 14.8 Å². The Morgan fingerprint density at radius 1 is 0.724 bits per heavy atom. The van der Waals surface area contributed by atoms with Crippen LogP contribution >= 0.6 is 0 Å². The molecule has 144 valence electrons. The Bertz CT molecular complexity index is 1070. The quantitative estimate of drug-likeness (QED) is 0.693. The number of methoxy groups -OCH3 is 2.